The summed E-state index contributed by atoms with van der Waals surface area (Å²) in [7, 11) is 0. The van der Waals surface area contributed by atoms with Crippen molar-refractivity contribution in [3.63, 3.8) is 0 Å². The summed E-state index contributed by atoms with van der Waals surface area (Å²) in [6, 6.07) is 7.47. The van der Waals surface area contributed by atoms with Gasteiger partial charge in [-0.25, -0.2) is 0 Å². The Morgan fingerprint density at radius 2 is 1.90 bits per heavy atom. The Hall–Kier alpha value is -1.59. The van der Waals surface area contributed by atoms with E-state index in [1.54, 1.807) is 4.90 Å². The van der Waals surface area contributed by atoms with Crippen LogP contribution >= 0.6 is 11.6 Å². The average Bonchev–Trinajstić information content (AvgIpc) is 2.40. The van der Waals surface area contributed by atoms with Crippen LogP contribution in [-0.4, -0.2) is 48.1 Å². The van der Waals surface area contributed by atoms with Gasteiger partial charge in [0.25, 0.3) is 0 Å². The molecule has 0 aliphatic rings. The Labute approximate surface area is 129 Å². The van der Waals surface area contributed by atoms with Crippen LogP contribution in [0.1, 0.15) is 18.9 Å². The first-order valence-electron chi connectivity index (χ1n) is 6.96. The van der Waals surface area contributed by atoms with E-state index in [4.69, 9.17) is 16.7 Å². The molecule has 0 atom stereocenters. The molecule has 1 rings (SSSR count). The maximum Gasteiger partial charge on any atom is 0.317 e. The minimum absolute atomic E-state index is 0.112. The number of carbonyl (C=O) groups excluding carboxylic acids is 1. The SMILES string of the molecule is CCCN(CC(=O)O)CC(=O)NCCc1ccc(Cl)cc1. The van der Waals surface area contributed by atoms with Gasteiger partial charge in [-0.3, -0.25) is 14.5 Å². The van der Waals surface area contributed by atoms with E-state index in [0.29, 0.717) is 18.1 Å². The zero-order valence-corrected chi connectivity index (χ0v) is 12.9. The third-order valence-corrected chi connectivity index (χ3v) is 3.17. The maximum atomic E-state index is 11.8. The van der Waals surface area contributed by atoms with E-state index in [9.17, 15) is 9.59 Å². The molecule has 1 aromatic carbocycles. The van der Waals surface area contributed by atoms with Gasteiger partial charge in [0.15, 0.2) is 0 Å². The van der Waals surface area contributed by atoms with Crippen LogP contribution in [0.15, 0.2) is 24.3 Å². The van der Waals surface area contributed by atoms with Crippen molar-refractivity contribution in [1.29, 1.82) is 0 Å². The Bertz CT molecular complexity index is 462. The number of carbonyl (C=O) groups is 2. The predicted molar refractivity (Wildman–Crippen MR) is 82.5 cm³/mol. The van der Waals surface area contributed by atoms with E-state index in [1.165, 1.54) is 0 Å². The van der Waals surface area contributed by atoms with Crippen molar-refractivity contribution >= 4 is 23.5 Å². The van der Waals surface area contributed by atoms with Gasteiger partial charge >= 0.3 is 5.97 Å². The van der Waals surface area contributed by atoms with E-state index in [1.807, 2.05) is 31.2 Å². The number of amides is 1. The molecule has 0 saturated carbocycles. The lowest BCUT2D eigenvalue weighted by Gasteiger charge is -2.18. The summed E-state index contributed by atoms with van der Waals surface area (Å²) < 4.78 is 0. The molecule has 0 aliphatic carbocycles. The molecular formula is C15H21ClN2O3. The van der Waals surface area contributed by atoms with Crippen LogP contribution < -0.4 is 5.32 Å². The normalized spacial score (nSPS) is 10.6. The molecule has 0 unspecified atom stereocenters. The summed E-state index contributed by atoms with van der Waals surface area (Å²) in [6.07, 6.45) is 1.53. The predicted octanol–water partition coefficient (Wildman–Crippen LogP) is 1.80. The number of hydrogen-bond acceptors (Lipinski definition) is 3. The molecule has 0 radical (unpaired) electrons. The minimum Gasteiger partial charge on any atom is -0.480 e. The molecule has 0 bridgehead atoms. The Morgan fingerprint density at radius 1 is 1.24 bits per heavy atom. The highest BCUT2D eigenvalue weighted by Crippen LogP contribution is 2.09. The quantitative estimate of drug-likeness (QED) is 0.729. The van der Waals surface area contributed by atoms with Gasteiger partial charge < -0.3 is 10.4 Å². The summed E-state index contributed by atoms with van der Waals surface area (Å²) in [6.45, 7) is 3.07. The molecule has 0 aromatic heterocycles. The number of rotatable bonds is 9. The van der Waals surface area contributed by atoms with Gasteiger partial charge in [-0.2, -0.15) is 0 Å². The third-order valence-electron chi connectivity index (χ3n) is 2.92. The van der Waals surface area contributed by atoms with Crippen LogP contribution in [0.5, 0.6) is 0 Å². The summed E-state index contributed by atoms with van der Waals surface area (Å²) in [5, 5.41) is 12.3. The first-order chi connectivity index (χ1) is 10.0. The van der Waals surface area contributed by atoms with Crippen LogP contribution in [0, 0.1) is 0 Å². The molecule has 21 heavy (non-hydrogen) atoms. The van der Waals surface area contributed by atoms with Gasteiger partial charge in [-0.05, 0) is 37.1 Å². The standard InChI is InChI=1S/C15H21ClN2O3/c1-2-9-18(11-15(20)21)10-14(19)17-8-7-12-3-5-13(16)6-4-12/h3-6H,2,7-11H2,1H3,(H,17,19)(H,20,21). The van der Waals surface area contributed by atoms with Crippen molar-refractivity contribution in [3.8, 4) is 0 Å². The summed E-state index contributed by atoms with van der Waals surface area (Å²) in [5.74, 6) is -1.07. The van der Waals surface area contributed by atoms with Gasteiger partial charge in [-0.1, -0.05) is 30.7 Å². The smallest absolute Gasteiger partial charge is 0.317 e. The molecule has 1 amide bonds. The zero-order chi connectivity index (χ0) is 15.7. The molecule has 5 nitrogen and oxygen atoms in total. The molecule has 116 valence electrons. The second kappa shape index (κ2) is 9.37. The fourth-order valence-electron chi connectivity index (χ4n) is 1.98. The van der Waals surface area contributed by atoms with Crippen LogP contribution in [0.3, 0.4) is 0 Å². The van der Waals surface area contributed by atoms with Crippen LogP contribution in [-0.2, 0) is 16.0 Å². The minimum atomic E-state index is -0.919. The summed E-state index contributed by atoms with van der Waals surface area (Å²) >= 11 is 5.80. The Kier molecular flexibility index (Phi) is 7.79. The number of nitrogens with zero attached hydrogens (tertiary/aromatic N) is 1. The van der Waals surface area contributed by atoms with Crippen molar-refractivity contribution < 1.29 is 14.7 Å². The van der Waals surface area contributed by atoms with E-state index in [0.717, 1.165) is 18.4 Å². The highest BCUT2D eigenvalue weighted by Gasteiger charge is 2.12. The maximum absolute atomic E-state index is 11.8. The van der Waals surface area contributed by atoms with Crippen molar-refractivity contribution in [1.82, 2.24) is 10.2 Å². The molecule has 0 saturated heterocycles. The van der Waals surface area contributed by atoms with Gasteiger partial charge in [0.2, 0.25) is 5.91 Å². The summed E-state index contributed by atoms with van der Waals surface area (Å²) in [5.41, 5.74) is 1.09. The lowest BCUT2D eigenvalue weighted by atomic mass is 10.1. The fraction of sp³-hybridized carbons (Fsp3) is 0.467. The van der Waals surface area contributed by atoms with Crippen molar-refractivity contribution in [2.75, 3.05) is 26.2 Å². The molecule has 6 heteroatoms. The first kappa shape index (κ1) is 17.5. The molecule has 1 aromatic rings. The van der Waals surface area contributed by atoms with Gasteiger partial charge in [0.05, 0.1) is 13.1 Å². The van der Waals surface area contributed by atoms with E-state index in [2.05, 4.69) is 5.32 Å². The second-order valence-electron chi connectivity index (χ2n) is 4.83. The third kappa shape index (κ3) is 7.68. The van der Waals surface area contributed by atoms with Gasteiger partial charge in [-0.15, -0.1) is 0 Å². The lowest BCUT2D eigenvalue weighted by molar-refractivity contribution is -0.138. The number of carboxylic acids is 1. The van der Waals surface area contributed by atoms with Crippen molar-refractivity contribution in [2.24, 2.45) is 0 Å². The Balaban J connectivity index is 2.31. The molecule has 0 aliphatic heterocycles. The number of aliphatic carboxylic acids is 1. The van der Waals surface area contributed by atoms with Gasteiger partial charge in [0, 0.05) is 11.6 Å². The average molecular weight is 313 g/mol. The Morgan fingerprint density at radius 3 is 2.48 bits per heavy atom. The largest absolute Gasteiger partial charge is 0.480 e. The number of benzene rings is 1. The van der Waals surface area contributed by atoms with Gasteiger partial charge in [0.1, 0.15) is 0 Å². The topological polar surface area (TPSA) is 69.6 Å². The number of hydrogen-bond donors (Lipinski definition) is 2. The molecule has 0 spiro atoms. The van der Waals surface area contributed by atoms with E-state index < -0.39 is 5.97 Å². The monoisotopic (exact) mass is 312 g/mol. The lowest BCUT2D eigenvalue weighted by Crippen LogP contribution is -2.40. The van der Waals surface area contributed by atoms with Crippen molar-refractivity contribution in [2.45, 2.75) is 19.8 Å². The van der Waals surface area contributed by atoms with E-state index >= 15 is 0 Å². The van der Waals surface area contributed by atoms with Crippen molar-refractivity contribution in [3.05, 3.63) is 34.9 Å². The number of halogens is 1. The van der Waals surface area contributed by atoms with Crippen LogP contribution in [0.2, 0.25) is 5.02 Å². The number of nitrogens with one attached hydrogen (secondary N) is 1. The highest BCUT2D eigenvalue weighted by molar-refractivity contribution is 6.30. The zero-order valence-electron chi connectivity index (χ0n) is 12.1. The van der Waals surface area contributed by atoms with Crippen LogP contribution in [0.25, 0.3) is 0 Å². The molecule has 2 N–H and O–H groups in total. The fourth-order valence-corrected chi connectivity index (χ4v) is 2.10. The summed E-state index contributed by atoms with van der Waals surface area (Å²) in [4.78, 5) is 24.1. The van der Waals surface area contributed by atoms with Crippen LogP contribution in [0.4, 0.5) is 0 Å². The molecule has 0 fully saturated rings. The van der Waals surface area contributed by atoms with E-state index in [-0.39, 0.29) is 19.0 Å². The molecular weight excluding hydrogens is 292 g/mol. The highest BCUT2D eigenvalue weighted by atomic mass is 35.5. The first-order valence-corrected chi connectivity index (χ1v) is 7.34. The second-order valence-corrected chi connectivity index (χ2v) is 5.27. The number of carboxylic acid groups (broad SMARTS) is 1. The molecule has 0 heterocycles.